The van der Waals surface area contributed by atoms with E-state index in [1.165, 1.54) is 109 Å². The second-order valence-corrected chi connectivity index (χ2v) is 22.5. The van der Waals surface area contributed by atoms with Gasteiger partial charge in [-0.2, -0.15) is 0 Å². The average Bonchev–Trinajstić information content (AvgIpc) is 4.08. The summed E-state index contributed by atoms with van der Waals surface area (Å²) in [6, 6.07) is 27.0. The van der Waals surface area contributed by atoms with Gasteiger partial charge in [-0.05, 0) is 104 Å². The molecule has 62 heavy (non-hydrogen) atoms. The summed E-state index contributed by atoms with van der Waals surface area (Å²) < 4.78 is 80.1. The number of aliphatic hydroxyl groups excluding tert-OH is 1. The number of carbonyl (C=O) groups excluding carboxylic acids is 2. The third-order valence-electron chi connectivity index (χ3n) is 8.36. The summed E-state index contributed by atoms with van der Waals surface area (Å²) in [6.45, 7) is 4.14. The van der Waals surface area contributed by atoms with Crippen molar-refractivity contribution in [1.29, 1.82) is 0 Å². The number of hydrogen-bond acceptors (Lipinski definition) is 15. The minimum absolute atomic E-state index is 0. The number of aromatic carboxylic acids is 1. The molecular formula is C41H43ClN2O12S6. The zero-order valence-corrected chi connectivity index (χ0v) is 39.1. The van der Waals surface area contributed by atoms with Gasteiger partial charge in [0.25, 0.3) is 5.91 Å². The molecule has 6 rings (SSSR count). The summed E-state index contributed by atoms with van der Waals surface area (Å²) in [5.41, 5.74) is 5.91. The van der Waals surface area contributed by atoms with Crippen LogP contribution in [-0.4, -0.2) is 73.6 Å². The molecule has 0 atom stereocenters. The number of rotatable bonds is 14. The van der Waals surface area contributed by atoms with Gasteiger partial charge in [-0.25, -0.2) is 34.8 Å². The molecule has 0 unspecified atom stereocenters. The number of aliphatic hydroxyl groups is 1. The summed E-state index contributed by atoms with van der Waals surface area (Å²) in [4.78, 5) is 37.1. The average molecular weight is 984 g/mol. The summed E-state index contributed by atoms with van der Waals surface area (Å²) >= 11 is 3.58. The molecule has 0 bridgehead atoms. The summed E-state index contributed by atoms with van der Waals surface area (Å²) in [5, 5.41) is 20.1. The molecule has 332 valence electrons. The van der Waals surface area contributed by atoms with Gasteiger partial charge in [0.05, 0.1) is 39.5 Å². The number of halogens is 1. The minimum Gasteiger partial charge on any atom is -0.478 e. The number of methoxy groups -OCH3 is 1. The maximum absolute atomic E-state index is 12.5. The van der Waals surface area contributed by atoms with E-state index in [0.717, 1.165) is 38.8 Å². The molecular weight excluding hydrogens is 940 g/mol. The Balaban J connectivity index is 0.000000246. The second-order valence-electron chi connectivity index (χ2n) is 12.4. The van der Waals surface area contributed by atoms with E-state index in [1.807, 2.05) is 19.9 Å². The Labute approximate surface area is 378 Å². The Morgan fingerprint density at radius 3 is 1.37 bits per heavy atom. The van der Waals surface area contributed by atoms with Crippen LogP contribution >= 0.6 is 46.4 Å². The van der Waals surface area contributed by atoms with Crippen molar-refractivity contribution >= 4 is 93.8 Å². The highest BCUT2D eigenvalue weighted by Crippen LogP contribution is 2.31. The predicted molar refractivity (Wildman–Crippen MR) is 240 cm³/mol. The van der Waals surface area contributed by atoms with E-state index in [1.54, 1.807) is 24.3 Å². The highest BCUT2D eigenvalue weighted by atomic mass is 35.5. The number of carboxylic acids is 1. The van der Waals surface area contributed by atoms with Crippen LogP contribution < -0.4 is 11.1 Å². The number of ether oxygens (including phenoxy) is 1. The molecule has 0 saturated carbocycles. The van der Waals surface area contributed by atoms with Gasteiger partial charge >= 0.3 is 11.9 Å². The molecule has 0 aliphatic rings. The van der Waals surface area contributed by atoms with Crippen molar-refractivity contribution < 1.29 is 54.6 Å². The molecule has 0 aliphatic heterocycles. The van der Waals surface area contributed by atoms with Crippen LogP contribution in [0.15, 0.2) is 137 Å². The van der Waals surface area contributed by atoms with E-state index < -0.39 is 47.4 Å². The minimum atomic E-state index is -3.67. The molecule has 5 N–H and O–H groups in total. The van der Waals surface area contributed by atoms with E-state index in [9.17, 15) is 39.6 Å². The quantitative estimate of drug-likeness (QED) is 0.0809. The highest BCUT2D eigenvalue weighted by molar-refractivity contribution is 7.94. The molecule has 0 radical (unpaired) electrons. The first-order valence-electron chi connectivity index (χ1n) is 18.1. The van der Waals surface area contributed by atoms with Crippen LogP contribution in [0.4, 0.5) is 0 Å². The summed E-state index contributed by atoms with van der Waals surface area (Å²) in [7, 11) is -9.62. The normalized spacial score (nSPS) is 11.2. The second kappa shape index (κ2) is 23.1. The van der Waals surface area contributed by atoms with Crippen LogP contribution in [-0.2, 0) is 53.6 Å². The lowest BCUT2D eigenvalue weighted by Gasteiger charge is -2.06. The lowest BCUT2D eigenvalue weighted by molar-refractivity contribution is 0.0599. The number of amides is 1. The Kier molecular flexibility index (Phi) is 19.2. The number of carbonyl (C=O) groups is 3. The van der Waals surface area contributed by atoms with E-state index in [2.05, 4.69) is 10.1 Å². The van der Waals surface area contributed by atoms with Crippen molar-refractivity contribution in [3.8, 4) is 0 Å². The lowest BCUT2D eigenvalue weighted by atomic mass is 10.2. The number of aryl methyl sites for hydroxylation is 2. The molecule has 3 aromatic carbocycles. The van der Waals surface area contributed by atoms with Crippen LogP contribution in [0, 0.1) is 0 Å². The zero-order chi connectivity index (χ0) is 45.0. The number of nitrogens with one attached hydrogen (secondary N) is 1. The van der Waals surface area contributed by atoms with Crippen molar-refractivity contribution in [1.82, 2.24) is 5.32 Å². The first kappa shape index (κ1) is 51.6. The highest BCUT2D eigenvalue weighted by Gasteiger charge is 2.23. The Morgan fingerprint density at radius 2 is 1.00 bits per heavy atom. The summed E-state index contributed by atoms with van der Waals surface area (Å²) in [5.74, 6) is -2.13. The van der Waals surface area contributed by atoms with Crippen molar-refractivity contribution in [2.45, 2.75) is 60.5 Å². The molecule has 6 aromatic rings. The maximum Gasteiger partial charge on any atom is 0.337 e. The number of hydrogen-bond donors (Lipinski definition) is 4. The van der Waals surface area contributed by atoms with Crippen molar-refractivity contribution in [3.63, 3.8) is 0 Å². The van der Waals surface area contributed by atoms with E-state index in [-0.39, 0.29) is 76.1 Å². The number of thiophene rings is 3. The number of carboxylic acid groups (broad SMARTS) is 1. The van der Waals surface area contributed by atoms with Gasteiger partial charge in [0.1, 0.15) is 12.6 Å². The fourth-order valence-corrected chi connectivity index (χ4v) is 13.3. The number of esters is 1. The van der Waals surface area contributed by atoms with Crippen LogP contribution in [0.5, 0.6) is 0 Å². The molecule has 21 heteroatoms. The lowest BCUT2D eigenvalue weighted by Crippen LogP contribution is -2.26. The molecule has 0 spiro atoms. The summed E-state index contributed by atoms with van der Waals surface area (Å²) in [6.07, 6.45) is 1.57. The standard InChI is InChI=1S/C14H16N2O4S2.C14H14O4S2.C13H12O4S2.ClH/c15-9-11-4-5-13(21-11)22(19,20)12-3-1-2-10(8-12)14(18)16-6-7-17;1-3-11-7-8-13(19-11)20(16,17)12-6-4-5-10(9-12)14(15)18-2;1-2-10-6-7-12(18-10)19(16,17)11-5-3-4-9(8-11)13(14)15;/h1-5,8,17H,6-7,9,15H2,(H,16,18);4-9H,3H2,1-2H3;3-8H,2H2,1H3,(H,14,15);1H. The van der Waals surface area contributed by atoms with Crippen molar-refractivity contribution in [3.05, 3.63) is 141 Å². The van der Waals surface area contributed by atoms with Gasteiger partial charge in [-0.3, -0.25) is 4.79 Å². The maximum atomic E-state index is 12.5. The first-order valence-corrected chi connectivity index (χ1v) is 25.0. The van der Waals surface area contributed by atoms with Crippen LogP contribution in [0.1, 0.15) is 59.6 Å². The molecule has 0 aliphatic carbocycles. The van der Waals surface area contributed by atoms with Crippen LogP contribution in [0.2, 0.25) is 0 Å². The third-order valence-corrected chi connectivity index (χ3v) is 18.7. The fourth-order valence-electron chi connectivity index (χ4n) is 5.13. The Bertz CT molecular complexity index is 2830. The van der Waals surface area contributed by atoms with Gasteiger partial charge in [0, 0.05) is 33.3 Å². The topological polar surface area (TPSA) is 241 Å². The Hall–Kier alpha value is -4.77. The van der Waals surface area contributed by atoms with Gasteiger partial charge < -0.3 is 26.0 Å². The SMILES string of the molecule is CCc1ccc(S(=O)(=O)c2cccc(C(=O)O)c2)s1.CCc1ccc(S(=O)(=O)c2cccc(C(=O)OC)c2)s1.Cl.NCc1ccc(S(=O)(=O)c2cccc(C(=O)NCCO)c2)s1. The Morgan fingerprint density at radius 1 is 0.613 bits per heavy atom. The van der Waals surface area contributed by atoms with Gasteiger partial charge in [-0.1, -0.05) is 32.0 Å². The molecule has 14 nitrogen and oxygen atoms in total. The number of sulfone groups is 3. The molecule has 1 amide bonds. The molecule has 0 fully saturated rings. The number of benzene rings is 3. The monoisotopic (exact) mass is 982 g/mol. The van der Waals surface area contributed by atoms with Crippen LogP contribution in [0.3, 0.4) is 0 Å². The van der Waals surface area contributed by atoms with Crippen LogP contribution in [0.25, 0.3) is 0 Å². The van der Waals surface area contributed by atoms with E-state index in [0.29, 0.717) is 0 Å². The first-order chi connectivity index (χ1) is 28.9. The molecule has 3 aromatic heterocycles. The van der Waals surface area contributed by atoms with E-state index >= 15 is 0 Å². The molecule has 0 saturated heterocycles. The van der Waals surface area contributed by atoms with E-state index in [4.69, 9.17) is 15.9 Å². The van der Waals surface area contributed by atoms with Crippen molar-refractivity contribution in [2.24, 2.45) is 5.73 Å². The van der Waals surface area contributed by atoms with Crippen molar-refractivity contribution in [2.75, 3.05) is 20.3 Å². The third kappa shape index (κ3) is 12.9. The largest absolute Gasteiger partial charge is 0.478 e. The molecule has 3 heterocycles. The number of nitrogens with two attached hydrogens (primary N) is 1. The zero-order valence-electron chi connectivity index (χ0n) is 33.3. The smallest absolute Gasteiger partial charge is 0.337 e. The van der Waals surface area contributed by atoms with Gasteiger partial charge in [0.2, 0.25) is 29.5 Å². The van der Waals surface area contributed by atoms with Gasteiger partial charge in [0.15, 0.2) is 0 Å². The van der Waals surface area contributed by atoms with Gasteiger partial charge in [-0.15, -0.1) is 46.4 Å². The predicted octanol–water partition coefficient (Wildman–Crippen LogP) is 6.95. The fraction of sp³-hybridized carbons (Fsp3) is 0.195.